The lowest BCUT2D eigenvalue weighted by Gasteiger charge is -2.27. The number of nitrogens with one attached hydrogen (secondary N) is 3. The topological polar surface area (TPSA) is 157 Å². The molecule has 0 amide bonds. The molecule has 3 aliphatic rings. The quantitative estimate of drug-likeness (QED) is 0.206. The normalized spacial score (nSPS) is 16.4. The number of anilines is 7. The van der Waals surface area contributed by atoms with Crippen LogP contribution in [0.4, 0.5) is 41.1 Å². The zero-order valence-electron chi connectivity index (χ0n) is 27.8. The summed E-state index contributed by atoms with van der Waals surface area (Å²) in [6.07, 6.45) is 4.85. The molecule has 260 valence electrons. The van der Waals surface area contributed by atoms with Gasteiger partial charge in [-0.1, -0.05) is 12.8 Å². The molecule has 2 saturated heterocycles. The van der Waals surface area contributed by atoms with Gasteiger partial charge in [0.2, 0.25) is 35.0 Å². The summed E-state index contributed by atoms with van der Waals surface area (Å²) in [7, 11) is 3.28. The van der Waals surface area contributed by atoms with Crippen LogP contribution >= 0.6 is 11.6 Å². The maximum Gasteiger partial charge on any atom is 0.233 e. The number of benzene rings is 2. The van der Waals surface area contributed by atoms with Crippen molar-refractivity contribution in [3.8, 4) is 11.5 Å². The van der Waals surface area contributed by atoms with Gasteiger partial charge in [0.1, 0.15) is 11.5 Å². The van der Waals surface area contributed by atoms with Gasteiger partial charge in [0.25, 0.3) is 0 Å². The van der Waals surface area contributed by atoms with Crippen LogP contribution in [0.1, 0.15) is 25.7 Å². The average Bonchev–Trinajstić information content (AvgIpc) is 3.66. The van der Waals surface area contributed by atoms with E-state index in [9.17, 15) is 0 Å². The molecule has 3 N–H and O–H groups in total. The molecule has 49 heavy (non-hydrogen) atoms. The van der Waals surface area contributed by atoms with Gasteiger partial charge in [0.15, 0.2) is 0 Å². The van der Waals surface area contributed by atoms with Crippen LogP contribution in [0, 0.1) is 0 Å². The van der Waals surface area contributed by atoms with Crippen LogP contribution in [-0.4, -0.2) is 103 Å². The smallest absolute Gasteiger partial charge is 0.233 e. The van der Waals surface area contributed by atoms with E-state index in [2.05, 4.69) is 50.8 Å². The van der Waals surface area contributed by atoms with Gasteiger partial charge in [0, 0.05) is 43.6 Å². The van der Waals surface area contributed by atoms with Crippen LogP contribution in [0.15, 0.2) is 48.5 Å². The molecule has 4 aromatic rings. The molecule has 7 rings (SSSR count). The Hall–Kier alpha value is -4.73. The Morgan fingerprint density at radius 2 is 1.06 bits per heavy atom. The number of aromatic nitrogens is 6. The molecular weight excluding hydrogens is 650 g/mol. The van der Waals surface area contributed by atoms with Crippen molar-refractivity contribution in [1.29, 1.82) is 0 Å². The van der Waals surface area contributed by atoms with E-state index in [-0.39, 0.29) is 5.28 Å². The highest BCUT2D eigenvalue weighted by Crippen LogP contribution is 2.25. The molecule has 0 spiro atoms. The highest BCUT2D eigenvalue weighted by molar-refractivity contribution is 6.28. The third kappa shape index (κ3) is 9.90. The Kier molecular flexibility index (Phi) is 11.9. The van der Waals surface area contributed by atoms with Gasteiger partial charge in [-0.25, -0.2) is 0 Å². The van der Waals surface area contributed by atoms with Gasteiger partial charge < -0.3 is 44.7 Å². The first kappa shape index (κ1) is 34.1. The lowest BCUT2D eigenvalue weighted by atomic mass is 10.2. The number of hydrogen-bond acceptors (Lipinski definition) is 15. The highest BCUT2D eigenvalue weighted by Gasteiger charge is 2.20. The molecular formula is C33H42ClN11O4. The molecule has 15 nitrogen and oxygen atoms in total. The summed E-state index contributed by atoms with van der Waals surface area (Å²) >= 11 is 6.00. The molecule has 1 aliphatic carbocycles. The Labute approximate surface area is 290 Å². The molecule has 0 radical (unpaired) electrons. The minimum Gasteiger partial charge on any atom is -0.497 e. The van der Waals surface area contributed by atoms with Crippen molar-refractivity contribution < 1.29 is 18.9 Å². The van der Waals surface area contributed by atoms with Gasteiger partial charge in [-0.2, -0.15) is 29.9 Å². The molecule has 0 atom stereocenters. The fourth-order valence-electron chi connectivity index (χ4n) is 5.55. The summed E-state index contributed by atoms with van der Waals surface area (Å²) in [4.78, 5) is 30.8. The van der Waals surface area contributed by atoms with E-state index < -0.39 is 0 Å². The van der Waals surface area contributed by atoms with Crippen molar-refractivity contribution in [2.45, 2.75) is 31.7 Å². The summed E-state index contributed by atoms with van der Waals surface area (Å²) in [6, 6.07) is 15.6. The van der Waals surface area contributed by atoms with E-state index in [4.69, 9.17) is 30.5 Å². The van der Waals surface area contributed by atoms with E-state index in [1.165, 1.54) is 25.7 Å². The molecule has 2 aromatic carbocycles. The SMILES string of the molecule is COc1ccc(Nc2nc(Cl)nc(N3CCOCC3)n2)cc1.COc1ccc(Nc2nc(NC3CCCC3)nc(N3CCOCC3)n2)cc1. The second-order valence-electron chi connectivity index (χ2n) is 11.5. The Morgan fingerprint density at radius 3 is 1.55 bits per heavy atom. The third-order valence-electron chi connectivity index (χ3n) is 8.19. The second-order valence-corrected chi connectivity index (χ2v) is 11.9. The van der Waals surface area contributed by atoms with Crippen LogP contribution in [0.3, 0.4) is 0 Å². The first-order chi connectivity index (χ1) is 24.0. The minimum atomic E-state index is 0.160. The summed E-state index contributed by atoms with van der Waals surface area (Å²) in [6.45, 7) is 5.75. The lowest BCUT2D eigenvalue weighted by Crippen LogP contribution is -2.37. The van der Waals surface area contributed by atoms with E-state index in [1.807, 2.05) is 53.4 Å². The maximum absolute atomic E-state index is 6.00. The van der Waals surface area contributed by atoms with Gasteiger partial charge in [-0.15, -0.1) is 0 Å². The minimum absolute atomic E-state index is 0.160. The Morgan fingerprint density at radius 1 is 0.612 bits per heavy atom. The van der Waals surface area contributed by atoms with E-state index in [0.29, 0.717) is 62.2 Å². The Balaban J connectivity index is 0.000000174. The van der Waals surface area contributed by atoms with Crippen LogP contribution in [0.5, 0.6) is 11.5 Å². The van der Waals surface area contributed by atoms with Crippen molar-refractivity contribution >= 4 is 52.7 Å². The van der Waals surface area contributed by atoms with Crippen LogP contribution < -0.4 is 35.2 Å². The molecule has 0 bridgehead atoms. The van der Waals surface area contributed by atoms with Crippen LogP contribution in [0.2, 0.25) is 5.28 Å². The van der Waals surface area contributed by atoms with Crippen LogP contribution in [-0.2, 0) is 9.47 Å². The molecule has 0 unspecified atom stereocenters. The molecule has 2 aliphatic heterocycles. The predicted octanol–water partition coefficient (Wildman–Crippen LogP) is 4.93. The molecule has 2 aromatic heterocycles. The predicted molar refractivity (Wildman–Crippen MR) is 189 cm³/mol. The van der Waals surface area contributed by atoms with Gasteiger partial charge in [0.05, 0.1) is 40.6 Å². The second kappa shape index (κ2) is 17.1. The number of hydrogen-bond donors (Lipinski definition) is 3. The van der Waals surface area contributed by atoms with Gasteiger partial charge in [-0.3, -0.25) is 0 Å². The number of rotatable bonds is 10. The number of methoxy groups -OCH3 is 2. The summed E-state index contributed by atoms with van der Waals surface area (Å²) in [5.74, 6) is 4.42. The fraction of sp³-hybridized carbons (Fsp3) is 0.455. The zero-order chi connectivity index (χ0) is 33.8. The van der Waals surface area contributed by atoms with E-state index >= 15 is 0 Å². The third-order valence-corrected chi connectivity index (χ3v) is 8.36. The van der Waals surface area contributed by atoms with Crippen LogP contribution in [0.25, 0.3) is 0 Å². The molecule has 1 saturated carbocycles. The molecule has 4 heterocycles. The average molecular weight is 692 g/mol. The molecule has 16 heteroatoms. The van der Waals surface area contributed by atoms with Crippen molar-refractivity contribution in [3.63, 3.8) is 0 Å². The van der Waals surface area contributed by atoms with Crippen molar-refractivity contribution in [1.82, 2.24) is 29.9 Å². The monoisotopic (exact) mass is 691 g/mol. The number of ether oxygens (including phenoxy) is 4. The van der Waals surface area contributed by atoms with E-state index in [1.54, 1.807) is 14.2 Å². The summed E-state index contributed by atoms with van der Waals surface area (Å²) in [5.41, 5.74) is 1.75. The molecule has 3 fully saturated rings. The first-order valence-electron chi connectivity index (χ1n) is 16.5. The number of halogens is 1. The number of nitrogens with zero attached hydrogens (tertiary/aromatic N) is 8. The van der Waals surface area contributed by atoms with Crippen molar-refractivity contribution in [2.75, 3.05) is 92.6 Å². The maximum atomic E-state index is 6.00. The summed E-state index contributed by atoms with van der Waals surface area (Å²) < 4.78 is 21.1. The number of morpholine rings is 2. The summed E-state index contributed by atoms with van der Waals surface area (Å²) in [5, 5.41) is 10.0. The largest absolute Gasteiger partial charge is 0.497 e. The van der Waals surface area contributed by atoms with E-state index in [0.717, 1.165) is 49.1 Å². The van der Waals surface area contributed by atoms with Crippen molar-refractivity contribution in [3.05, 3.63) is 53.8 Å². The van der Waals surface area contributed by atoms with Crippen molar-refractivity contribution in [2.24, 2.45) is 0 Å². The zero-order valence-corrected chi connectivity index (χ0v) is 28.5. The highest BCUT2D eigenvalue weighted by atomic mass is 35.5. The van der Waals surface area contributed by atoms with Gasteiger partial charge in [-0.05, 0) is 73.0 Å². The lowest BCUT2D eigenvalue weighted by molar-refractivity contribution is 0.122. The standard InChI is InChI=1S/C19H26N6O2.C14H16ClN5O2/c1-26-16-8-6-15(7-9-16)21-18-22-17(20-14-4-2-3-5-14)23-19(24-18)25-10-12-27-13-11-25;1-21-11-4-2-10(3-5-11)16-13-17-12(15)18-14(19-13)20-6-8-22-9-7-20/h6-9,14H,2-5,10-13H2,1H3,(H2,20,21,22,23,24);2-5H,6-9H2,1H3,(H,16,17,18,19). The van der Waals surface area contributed by atoms with Gasteiger partial charge >= 0.3 is 0 Å². The first-order valence-corrected chi connectivity index (χ1v) is 16.8. The Bertz CT molecular complexity index is 1620. The fourth-order valence-corrected chi connectivity index (χ4v) is 5.71.